The van der Waals surface area contributed by atoms with Crippen LogP contribution in [0.5, 0.6) is 0 Å². The minimum Gasteiger partial charge on any atom is -0.341 e. The van der Waals surface area contributed by atoms with Gasteiger partial charge in [-0.3, -0.25) is 4.79 Å². The molecule has 3 nitrogen and oxygen atoms in total. The standard InChI is InChI=1S/C16H32N2O/c1-6-10-16(5,17)14(19)18-11-7-8-13(9-12-18)15(2,3)4/h13H,6-12,17H2,1-5H3. The van der Waals surface area contributed by atoms with E-state index >= 15 is 0 Å². The van der Waals surface area contributed by atoms with Crippen LogP contribution in [0.15, 0.2) is 0 Å². The first-order chi connectivity index (χ1) is 8.68. The van der Waals surface area contributed by atoms with Crippen LogP contribution in [0.2, 0.25) is 0 Å². The molecule has 1 amide bonds. The van der Waals surface area contributed by atoms with E-state index in [2.05, 4.69) is 27.7 Å². The molecule has 0 spiro atoms. The fourth-order valence-electron chi connectivity index (χ4n) is 3.15. The summed E-state index contributed by atoms with van der Waals surface area (Å²) in [6.45, 7) is 12.6. The summed E-state index contributed by atoms with van der Waals surface area (Å²) in [5, 5.41) is 0. The molecule has 0 saturated carbocycles. The Morgan fingerprint density at radius 1 is 1.21 bits per heavy atom. The first kappa shape index (κ1) is 16.5. The number of hydrogen-bond donors (Lipinski definition) is 1. The number of amides is 1. The van der Waals surface area contributed by atoms with Gasteiger partial charge in [-0.2, -0.15) is 0 Å². The van der Waals surface area contributed by atoms with Crippen molar-refractivity contribution in [2.75, 3.05) is 13.1 Å². The lowest BCUT2D eigenvalue weighted by molar-refractivity contribution is -0.136. The molecule has 0 aromatic carbocycles. The van der Waals surface area contributed by atoms with E-state index in [-0.39, 0.29) is 5.91 Å². The highest BCUT2D eigenvalue weighted by Crippen LogP contribution is 2.34. The van der Waals surface area contributed by atoms with Crippen molar-refractivity contribution in [3.05, 3.63) is 0 Å². The Kier molecular flexibility index (Phi) is 5.43. The second kappa shape index (κ2) is 6.25. The lowest BCUT2D eigenvalue weighted by atomic mass is 9.77. The first-order valence-corrected chi connectivity index (χ1v) is 7.76. The normalized spacial score (nSPS) is 24.7. The summed E-state index contributed by atoms with van der Waals surface area (Å²) in [7, 11) is 0. The van der Waals surface area contributed by atoms with Crippen LogP contribution in [-0.4, -0.2) is 29.4 Å². The van der Waals surface area contributed by atoms with E-state index in [1.165, 1.54) is 6.42 Å². The third-order valence-corrected chi connectivity index (χ3v) is 4.50. The van der Waals surface area contributed by atoms with Crippen molar-refractivity contribution in [2.45, 2.75) is 72.3 Å². The maximum Gasteiger partial charge on any atom is 0.242 e. The highest BCUT2D eigenvalue weighted by atomic mass is 16.2. The van der Waals surface area contributed by atoms with Gasteiger partial charge in [0.25, 0.3) is 0 Å². The molecule has 2 unspecified atom stereocenters. The third kappa shape index (κ3) is 4.48. The maximum atomic E-state index is 12.5. The third-order valence-electron chi connectivity index (χ3n) is 4.50. The molecule has 1 saturated heterocycles. The van der Waals surface area contributed by atoms with Gasteiger partial charge in [0.05, 0.1) is 5.54 Å². The van der Waals surface area contributed by atoms with Gasteiger partial charge in [0, 0.05) is 13.1 Å². The molecule has 1 rings (SSSR count). The summed E-state index contributed by atoms with van der Waals surface area (Å²) >= 11 is 0. The van der Waals surface area contributed by atoms with Crippen LogP contribution in [0.4, 0.5) is 0 Å². The molecule has 1 heterocycles. The molecule has 0 bridgehead atoms. The van der Waals surface area contributed by atoms with Crippen molar-refractivity contribution in [2.24, 2.45) is 17.1 Å². The average molecular weight is 268 g/mol. The zero-order valence-electron chi connectivity index (χ0n) is 13.5. The Hall–Kier alpha value is -0.570. The number of rotatable bonds is 3. The number of likely N-dealkylation sites (tertiary alicyclic amines) is 1. The summed E-state index contributed by atoms with van der Waals surface area (Å²) in [5.41, 5.74) is 5.84. The second-order valence-corrected chi connectivity index (χ2v) is 7.45. The Balaban J connectivity index is 2.65. The van der Waals surface area contributed by atoms with Gasteiger partial charge in [0.2, 0.25) is 5.91 Å². The molecule has 0 radical (unpaired) electrons. The lowest BCUT2D eigenvalue weighted by Gasteiger charge is -2.32. The zero-order valence-corrected chi connectivity index (χ0v) is 13.5. The van der Waals surface area contributed by atoms with Gasteiger partial charge < -0.3 is 10.6 Å². The predicted octanol–water partition coefficient (Wildman–Crippen LogP) is 3.18. The van der Waals surface area contributed by atoms with Crippen LogP contribution < -0.4 is 5.73 Å². The highest BCUT2D eigenvalue weighted by Gasteiger charge is 2.34. The predicted molar refractivity (Wildman–Crippen MR) is 80.9 cm³/mol. The van der Waals surface area contributed by atoms with Crippen LogP contribution in [0.1, 0.15) is 66.7 Å². The molecule has 19 heavy (non-hydrogen) atoms. The Labute approximate surface area is 118 Å². The smallest absolute Gasteiger partial charge is 0.242 e. The molecular weight excluding hydrogens is 236 g/mol. The van der Waals surface area contributed by atoms with Crippen molar-refractivity contribution < 1.29 is 4.79 Å². The van der Waals surface area contributed by atoms with Crippen molar-refractivity contribution in [3.63, 3.8) is 0 Å². The summed E-state index contributed by atoms with van der Waals surface area (Å²) in [4.78, 5) is 14.5. The summed E-state index contributed by atoms with van der Waals surface area (Å²) in [5.74, 6) is 0.851. The molecule has 1 aliphatic heterocycles. The summed E-state index contributed by atoms with van der Waals surface area (Å²) in [6, 6.07) is 0. The van der Waals surface area contributed by atoms with Gasteiger partial charge in [-0.25, -0.2) is 0 Å². The molecule has 2 atom stereocenters. The van der Waals surface area contributed by atoms with Gasteiger partial charge in [-0.1, -0.05) is 34.1 Å². The summed E-state index contributed by atoms with van der Waals surface area (Å²) < 4.78 is 0. The number of nitrogens with zero attached hydrogens (tertiary/aromatic N) is 1. The Morgan fingerprint density at radius 3 is 2.37 bits per heavy atom. The molecule has 1 aliphatic rings. The molecular formula is C16H32N2O. The monoisotopic (exact) mass is 268 g/mol. The first-order valence-electron chi connectivity index (χ1n) is 7.76. The fraction of sp³-hybridized carbons (Fsp3) is 0.938. The van der Waals surface area contributed by atoms with Crippen LogP contribution in [0, 0.1) is 11.3 Å². The van der Waals surface area contributed by atoms with Crippen LogP contribution >= 0.6 is 0 Å². The van der Waals surface area contributed by atoms with Gasteiger partial charge in [-0.05, 0) is 43.9 Å². The number of hydrogen-bond acceptors (Lipinski definition) is 2. The topological polar surface area (TPSA) is 46.3 Å². The largest absolute Gasteiger partial charge is 0.341 e. The van der Waals surface area contributed by atoms with E-state index in [0.29, 0.717) is 11.3 Å². The fourth-order valence-corrected chi connectivity index (χ4v) is 3.15. The maximum absolute atomic E-state index is 12.5. The van der Waals surface area contributed by atoms with Crippen molar-refractivity contribution in [1.29, 1.82) is 0 Å². The van der Waals surface area contributed by atoms with Crippen LogP contribution in [0.25, 0.3) is 0 Å². The molecule has 2 N–H and O–H groups in total. The van der Waals surface area contributed by atoms with E-state index in [0.717, 1.165) is 38.8 Å². The minimum absolute atomic E-state index is 0.143. The SMILES string of the molecule is CCCC(C)(N)C(=O)N1CCCC(C(C)(C)C)CC1. The van der Waals surface area contributed by atoms with Crippen molar-refractivity contribution in [1.82, 2.24) is 4.90 Å². The van der Waals surface area contributed by atoms with Gasteiger partial charge >= 0.3 is 0 Å². The highest BCUT2D eigenvalue weighted by molar-refractivity contribution is 5.85. The molecule has 0 aromatic heterocycles. The number of carbonyl (C=O) groups is 1. The van der Waals surface area contributed by atoms with Gasteiger partial charge in [0.1, 0.15) is 0 Å². The van der Waals surface area contributed by atoms with Crippen molar-refractivity contribution >= 4 is 5.91 Å². The molecule has 3 heteroatoms. The number of nitrogens with two attached hydrogens (primary N) is 1. The van der Waals surface area contributed by atoms with E-state index in [1.54, 1.807) is 0 Å². The van der Waals surface area contributed by atoms with Gasteiger partial charge in [-0.15, -0.1) is 0 Å². The Bertz CT molecular complexity index is 304. The van der Waals surface area contributed by atoms with E-state index in [1.807, 2.05) is 11.8 Å². The van der Waals surface area contributed by atoms with E-state index in [9.17, 15) is 4.79 Å². The van der Waals surface area contributed by atoms with Crippen molar-refractivity contribution in [3.8, 4) is 0 Å². The second-order valence-electron chi connectivity index (χ2n) is 7.45. The average Bonchev–Trinajstić information content (AvgIpc) is 2.52. The molecule has 1 fully saturated rings. The zero-order chi connectivity index (χ0) is 14.7. The summed E-state index contributed by atoms with van der Waals surface area (Å²) in [6.07, 6.45) is 5.16. The number of carbonyl (C=O) groups excluding carboxylic acids is 1. The minimum atomic E-state index is -0.684. The van der Waals surface area contributed by atoms with E-state index < -0.39 is 5.54 Å². The molecule has 0 aromatic rings. The van der Waals surface area contributed by atoms with Crippen LogP contribution in [0.3, 0.4) is 0 Å². The van der Waals surface area contributed by atoms with E-state index in [4.69, 9.17) is 5.73 Å². The van der Waals surface area contributed by atoms with Crippen LogP contribution in [-0.2, 0) is 4.79 Å². The molecule has 0 aliphatic carbocycles. The Morgan fingerprint density at radius 2 is 1.84 bits per heavy atom. The quantitative estimate of drug-likeness (QED) is 0.854. The molecule has 112 valence electrons. The van der Waals surface area contributed by atoms with Gasteiger partial charge in [0.15, 0.2) is 0 Å². The lowest BCUT2D eigenvalue weighted by Crippen LogP contribution is -2.53.